The zero-order chi connectivity index (χ0) is 14.9. The van der Waals surface area contributed by atoms with Gasteiger partial charge in [0, 0.05) is 31.3 Å². The van der Waals surface area contributed by atoms with Crippen molar-refractivity contribution in [3.05, 3.63) is 18.2 Å². The summed E-state index contributed by atoms with van der Waals surface area (Å²) in [5.41, 5.74) is 0.909. The first-order valence-electron chi connectivity index (χ1n) is 7.69. The molecule has 1 aromatic rings. The van der Waals surface area contributed by atoms with Crippen LogP contribution in [-0.4, -0.2) is 44.2 Å². The normalized spacial score (nSPS) is 15.3. The number of ether oxygens (including phenoxy) is 3. The van der Waals surface area contributed by atoms with Crippen LogP contribution in [0.2, 0.25) is 0 Å². The second-order valence-corrected chi connectivity index (χ2v) is 5.18. The predicted molar refractivity (Wildman–Crippen MR) is 82.3 cm³/mol. The van der Waals surface area contributed by atoms with Gasteiger partial charge in [0.1, 0.15) is 0 Å². The summed E-state index contributed by atoms with van der Waals surface area (Å²) in [5.74, 6) is 1.53. The summed E-state index contributed by atoms with van der Waals surface area (Å²) < 4.78 is 16.6. The second-order valence-electron chi connectivity index (χ2n) is 5.18. The number of fused-ring (bicyclic) bond motifs is 1. The molecule has 2 N–H and O–H groups in total. The van der Waals surface area contributed by atoms with Gasteiger partial charge in [0.05, 0.1) is 25.9 Å². The van der Waals surface area contributed by atoms with Crippen molar-refractivity contribution in [2.24, 2.45) is 0 Å². The fourth-order valence-electron chi connectivity index (χ4n) is 2.03. The number of aliphatic hydroxyl groups is 1. The number of benzene rings is 1. The molecule has 1 aromatic carbocycles. The largest absolute Gasteiger partial charge is 0.490 e. The molecule has 21 heavy (non-hydrogen) atoms. The van der Waals surface area contributed by atoms with Gasteiger partial charge in [0.2, 0.25) is 0 Å². The molecule has 118 valence electrons. The van der Waals surface area contributed by atoms with Gasteiger partial charge in [-0.1, -0.05) is 13.3 Å². The lowest BCUT2D eigenvalue weighted by Gasteiger charge is -2.14. The molecule has 0 bridgehead atoms. The number of nitrogens with one attached hydrogen (secondary N) is 1. The fourth-order valence-corrected chi connectivity index (χ4v) is 2.03. The smallest absolute Gasteiger partial charge is 0.163 e. The van der Waals surface area contributed by atoms with Gasteiger partial charge in [0.15, 0.2) is 11.5 Å². The van der Waals surface area contributed by atoms with Gasteiger partial charge in [-0.2, -0.15) is 0 Å². The van der Waals surface area contributed by atoms with Crippen molar-refractivity contribution in [1.29, 1.82) is 0 Å². The van der Waals surface area contributed by atoms with Crippen LogP contribution in [0, 0.1) is 0 Å². The van der Waals surface area contributed by atoms with E-state index in [-0.39, 0.29) is 0 Å². The Balaban J connectivity index is 1.76. The Morgan fingerprint density at radius 3 is 2.90 bits per heavy atom. The summed E-state index contributed by atoms with van der Waals surface area (Å²) in [7, 11) is 0. The Morgan fingerprint density at radius 2 is 2.10 bits per heavy atom. The van der Waals surface area contributed by atoms with E-state index in [2.05, 4.69) is 12.2 Å². The highest BCUT2D eigenvalue weighted by Gasteiger charge is 2.11. The average Bonchev–Trinajstić information content (AvgIpc) is 2.74. The minimum atomic E-state index is -0.516. The first-order valence-corrected chi connectivity index (χ1v) is 7.69. The van der Waals surface area contributed by atoms with Crippen molar-refractivity contribution in [3.63, 3.8) is 0 Å². The third-order valence-corrected chi connectivity index (χ3v) is 3.24. The van der Waals surface area contributed by atoms with Crippen LogP contribution in [-0.2, 0) is 4.74 Å². The number of aliphatic hydroxyl groups excluding tert-OH is 1. The second kappa shape index (κ2) is 8.74. The first-order chi connectivity index (χ1) is 10.3. The predicted octanol–water partition coefficient (Wildman–Crippen LogP) is 2.44. The van der Waals surface area contributed by atoms with E-state index in [0.29, 0.717) is 33.0 Å². The molecular weight excluding hydrogens is 270 g/mol. The zero-order valence-electron chi connectivity index (χ0n) is 12.6. The van der Waals surface area contributed by atoms with E-state index in [9.17, 15) is 5.11 Å². The third kappa shape index (κ3) is 5.44. The quantitative estimate of drug-likeness (QED) is 0.721. The van der Waals surface area contributed by atoms with E-state index in [1.165, 1.54) is 0 Å². The van der Waals surface area contributed by atoms with E-state index in [0.717, 1.165) is 36.4 Å². The standard InChI is InChI=1S/C16H25NO4/c1-2-3-7-19-12-14(18)11-17-13-5-6-15-16(10-13)21-9-4-8-20-15/h5-6,10,14,17-18H,2-4,7-9,11-12H2,1H3. The summed E-state index contributed by atoms with van der Waals surface area (Å²) >= 11 is 0. The number of unbranched alkanes of at least 4 members (excludes halogenated alkanes) is 1. The maximum atomic E-state index is 9.85. The molecule has 1 atom stereocenters. The molecule has 1 unspecified atom stereocenters. The summed E-state index contributed by atoms with van der Waals surface area (Å²) in [6.07, 6.45) is 2.51. The van der Waals surface area contributed by atoms with Gasteiger partial charge in [-0.15, -0.1) is 0 Å². The van der Waals surface area contributed by atoms with Gasteiger partial charge in [-0.25, -0.2) is 0 Å². The van der Waals surface area contributed by atoms with E-state index in [1.54, 1.807) is 0 Å². The minimum absolute atomic E-state index is 0.359. The van der Waals surface area contributed by atoms with Gasteiger partial charge in [-0.05, 0) is 18.6 Å². The number of rotatable bonds is 8. The first kappa shape index (κ1) is 15.9. The molecule has 1 aliphatic rings. The van der Waals surface area contributed by atoms with Crippen LogP contribution in [0.4, 0.5) is 5.69 Å². The van der Waals surface area contributed by atoms with Crippen molar-refractivity contribution in [2.75, 3.05) is 38.3 Å². The van der Waals surface area contributed by atoms with Crippen molar-refractivity contribution in [3.8, 4) is 11.5 Å². The maximum Gasteiger partial charge on any atom is 0.163 e. The Morgan fingerprint density at radius 1 is 1.29 bits per heavy atom. The molecular formula is C16H25NO4. The molecule has 0 spiro atoms. The highest BCUT2D eigenvalue weighted by atomic mass is 16.5. The molecule has 0 saturated heterocycles. The highest BCUT2D eigenvalue weighted by Crippen LogP contribution is 2.32. The Bertz CT molecular complexity index is 425. The van der Waals surface area contributed by atoms with E-state index in [4.69, 9.17) is 14.2 Å². The SMILES string of the molecule is CCCCOCC(O)CNc1ccc2c(c1)OCCCO2. The van der Waals surface area contributed by atoms with Crippen molar-refractivity contribution in [1.82, 2.24) is 0 Å². The minimum Gasteiger partial charge on any atom is -0.490 e. The van der Waals surface area contributed by atoms with Crippen LogP contribution in [0.15, 0.2) is 18.2 Å². The van der Waals surface area contributed by atoms with Gasteiger partial charge in [0.25, 0.3) is 0 Å². The molecule has 0 aromatic heterocycles. The van der Waals surface area contributed by atoms with Crippen LogP contribution in [0.5, 0.6) is 11.5 Å². The van der Waals surface area contributed by atoms with Crippen molar-refractivity contribution in [2.45, 2.75) is 32.3 Å². The van der Waals surface area contributed by atoms with Crippen LogP contribution < -0.4 is 14.8 Å². The van der Waals surface area contributed by atoms with Gasteiger partial charge < -0.3 is 24.6 Å². The monoisotopic (exact) mass is 295 g/mol. The average molecular weight is 295 g/mol. The molecule has 1 aliphatic heterocycles. The molecule has 0 radical (unpaired) electrons. The number of anilines is 1. The van der Waals surface area contributed by atoms with Crippen LogP contribution in [0.1, 0.15) is 26.2 Å². The molecule has 5 nitrogen and oxygen atoms in total. The maximum absolute atomic E-state index is 9.85. The molecule has 1 heterocycles. The molecule has 2 rings (SSSR count). The fraction of sp³-hybridized carbons (Fsp3) is 0.625. The number of hydrogen-bond donors (Lipinski definition) is 2. The summed E-state index contributed by atoms with van der Waals surface area (Å²) in [6.45, 7) is 4.99. The lowest BCUT2D eigenvalue weighted by Crippen LogP contribution is -2.25. The topological polar surface area (TPSA) is 60.0 Å². The summed E-state index contributed by atoms with van der Waals surface area (Å²) in [4.78, 5) is 0. The van der Waals surface area contributed by atoms with E-state index >= 15 is 0 Å². The van der Waals surface area contributed by atoms with E-state index in [1.807, 2.05) is 18.2 Å². The summed E-state index contributed by atoms with van der Waals surface area (Å²) in [5, 5.41) is 13.0. The van der Waals surface area contributed by atoms with Crippen LogP contribution in [0.25, 0.3) is 0 Å². The zero-order valence-corrected chi connectivity index (χ0v) is 12.6. The van der Waals surface area contributed by atoms with Crippen LogP contribution >= 0.6 is 0 Å². The Labute approximate surface area is 126 Å². The molecule has 0 fully saturated rings. The molecule has 0 saturated carbocycles. The van der Waals surface area contributed by atoms with E-state index < -0.39 is 6.10 Å². The molecule has 0 aliphatic carbocycles. The highest BCUT2D eigenvalue weighted by molar-refractivity contribution is 5.55. The Hall–Kier alpha value is -1.46. The lowest BCUT2D eigenvalue weighted by atomic mass is 10.2. The number of hydrogen-bond acceptors (Lipinski definition) is 5. The van der Waals surface area contributed by atoms with Gasteiger partial charge >= 0.3 is 0 Å². The summed E-state index contributed by atoms with van der Waals surface area (Å²) in [6, 6.07) is 5.73. The molecule has 0 amide bonds. The third-order valence-electron chi connectivity index (χ3n) is 3.24. The lowest BCUT2D eigenvalue weighted by molar-refractivity contribution is 0.0422. The van der Waals surface area contributed by atoms with Crippen molar-refractivity contribution >= 4 is 5.69 Å². The van der Waals surface area contributed by atoms with Gasteiger partial charge in [-0.3, -0.25) is 0 Å². The Kier molecular flexibility index (Phi) is 6.63. The molecule has 5 heteroatoms. The van der Waals surface area contributed by atoms with Crippen LogP contribution in [0.3, 0.4) is 0 Å². The van der Waals surface area contributed by atoms with Crippen molar-refractivity contribution < 1.29 is 19.3 Å².